The number of anilines is 1. The van der Waals surface area contributed by atoms with Crippen LogP contribution in [-0.4, -0.2) is 32.3 Å². The molecule has 0 bridgehead atoms. The summed E-state index contributed by atoms with van der Waals surface area (Å²) >= 11 is 0. The number of allylic oxidation sites excluding steroid dienone is 1. The second kappa shape index (κ2) is 12.0. The normalized spacial score (nSPS) is 12.0. The zero-order valence-corrected chi connectivity index (χ0v) is 23.3. The number of pyridine rings is 1. The molecular formula is C30H27F3N2O5S. The fraction of sp³-hybridized carbons (Fsp3) is 0.200. The van der Waals surface area contributed by atoms with Gasteiger partial charge in [-0.05, 0) is 74.2 Å². The number of sulfonamides is 1. The Hall–Kier alpha value is -4.38. The topological polar surface area (TPSA) is 85.8 Å². The monoisotopic (exact) mass is 584 g/mol. The first kappa shape index (κ1) is 29.6. The van der Waals surface area contributed by atoms with Gasteiger partial charge in [-0.1, -0.05) is 42.5 Å². The van der Waals surface area contributed by atoms with Crippen molar-refractivity contribution in [3.63, 3.8) is 0 Å². The first-order valence-corrected chi connectivity index (χ1v) is 14.0. The van der Waals surface area contributed by atoms with E-state index in [4.69, 9.17) is 9.72 Å². The van der Waals surface area contributed by atoms with Crippen molar-refractivity contribution in [3.05, 3.63) is 101 Å². The summed E-state index contributed by atoms with van der Waals surface area (Å²) in [7, 11) is -4.29. The highest BCUT2D eigenvalue weighted by Gasteiger charge is 2.32. The number of halogens is 3. The lowest BCUT2D eigenvalue weighted by Crippen LogP contribution is -2.32. The molecule has 0 aliphatic heterocycles. The second-order valence-electron chi connectivity index (χ2n) is 8.94. The van der Waals surface area contributed by atoms with Gasteiger partial charge in [0, 0.05) is 10.9 Å². The highest BCUT2D eigenvalue weighted by molar-refractivity contribution is 7.92. The Balaban J connectivity index is 1.85. The van der Waals surface area contributed by atoms with Crippen molar-refractivity contribution in [1.29, 1.82) is 0 Å². The zero-order chi connectivity index (χ0) is 29.8. The molecule has 0 amide bonds. The summed E-state index contributed by atoms with van der Waals surface area (Å²) in [5, 5.41) is 1.62. The Kier molecular flexibility index (Phi) is 8.67. The van der Waals surface area contributed by atoms with Crippen molar-refractivity contribution in [2.24, 2.45) is 0 Å². The Morgan fingerprint density at radius 1 is 0.976 bits per heavy atom. The molecule has 0 spiro atoms. The van der Waals surface area contributed by atoms with Gasteiger partial charge < -0.3 is 9.47 Å². The summed E-state index contributed by atoms with van der Waals surface area (Å²) in [5.41, 5.74) is 1.73. The highest BCUT2D eigenvalue weighted by Crippen LogP contribution is 2.34. The lowest BCUT2D eigenvalue weighted by atomic mass is 10.0. The number of carbonyl (C=O) groups excluding carboxylic acids is 1. The number of hydrogen-bond acceptors (Lipinski definition) is 6. The van der Waals surface area contributed by atoms with Gasteiger partial charge in [0.15, 0.2) is 0 Å². The predicted octanol–water partition coefficient (Wildman–Crippen LogP) is 7.05. The number of nitrogens with zero attached hydrogens (tertiary/aromatic N) is 2. The van der Waals surface area contributed by atoms with Crippen molar-refractivity contribution in [2.75, 3.05) is 10.9 Å². The number of aromatic nitrogens is 1. The van der Waals surface area contributed by atoms with E-state index in [0.29, 0.717) is 16.8 Å². The summed E-state index contributed by atoms with van der Waals surface area (Å²) < 4.78 is 76.3. The van der Waals surface area contributed by atoms with Gasteiger partial charge in [0.2, 0.25) is 0 Å². The number of alkyl halides is 3. The molecule has 41 heavy (non-hydrogen) atoms. The molecule has 1 heterocycles. The quantitative estimate of drug-likeness (QED) is 0.196. The number of carbonyl (C=O) groups is 1. The number of benzene rings is 3. The number of esters is 1. The molecule has 0 saturated carbocycles. The minimum Gasteiger partial charge on any atom is -0.462 e. The Bertz CT molecular complexity index is 1680. The molecule has 0 atom stereocenters. The van der Waals surface area contributed by atoms with Crippen molar-refractivity contribution in [1.82, 2.24) is 4.98 Å². The molecule has 0 N–H and O–H groups in total. The first-order chi connectivity index (χ1) is 19.4. The van der Waals surface area contributed by atoms with Crippen LogP contribution >= 0.6 is 0 Å². The average molecular weight is 585 g/mol. The van der Waals surface area contributed by atoms with Crippen LogP contribution in [0.1, 0.15) is 41.0 Å². The van der Waals surface area contributed by atoms with Gasteiger partial charge in [-0.3, -0.25) is 0 Å². The third-order valence-electron chi connectivity index (χ3n) is 6.17. The third-order valence-corrected chi connectivity index (χ3v) is 7.92. The summed E-state index contributed by atoms with van der Waals surface area (Å²) in [4.78, 5) is 16.7. The minimum atomic E-state index is -4.86. The molecule has 0 aliphatic rings. The average Bonchev–Trinajstić information content (AvgIpc) is 2.94. The fourth-order valence-corrected chi connectivity index (χ4v) is 5.74. The van der Waals surface area contributed by atoms with Crippen LogP contribution in [-0.2, 0) is 21.3 Å². The third kappa shape index (κ3) is 6.68. The number of rotatable bonds is 9. The van der Waals surface area contributed by atoms with Gasteiger partial charge in [-0.15, -0.1) is 13.2 Å². The Morgan fingerprint density at radius 3 is 2.20 bits per heavy atom. The Labute approximate surface area is 235 Å². The van der Waals surface area contributed by atoms with Crippen molar-refractivity contribution in [2.45, 2.75) is 38.6 Å². The number of ether oxygens (including phenoxy) is 2. The molecule has 3 aromatic carbocycles. The molecule has 214 valence electrons. The maximum Gasteiger partial charge on any atom is 0.573 e. The van der Waals surface area contributed by atoms with Crippen LogP contribution in [0.3, 0.4) is 0 Å². The lowest BCUT2D eigenvalue weighted by molar-refractivity contribution is -0.274. The van der Waals surface area contributed by atoms with E-state index in [1.807, 2.05) is 31.2 Å². The van der Waals surface area contributed by atoms with Crippen molar-refractivity contribution >= 4 is 38.7 Å². The molecule has 0 unspecified atom stereocenters. The number of aryl methyl sites for hydroxylation is 1. The van der Waals surface area contributed by atoms with Gasteiger partial charge in [0.1, 0.15) is 11.6 Å². The molecule has 4 rings (SSSR count). The molecule has 0 aliphatic carbocycles. The van der Waals surface area contributed by atoms with Gasteiger partial charge in [-0.25, -0.2) is 22.5 Å². The first-order valence-electron chi connectivity index (χ1n) is 12.6. The van der Waals surface area contributed by atoms with Crippen molar-refractivity contribution in [3.8, 4) is 5.75 Å². The fourth-order valence-electron chi connectivity index (χ4n) is 4.28. The highest BCUT2D eigenvalue weighted by atomic mass is 32.2. The van der Waals surface area contributed by atoms with Crippen LogP contribution < -0.4 is 9.04 Å². The molecule has 0 radical (unpaired) electrons. The van der Waals surface area contributed by atoms with E-state index < -0.39 is 28.1 Å². The largest absolute Gasteiger partial charge is 0.573 e. The molecule has 4 aromatic rings. The van der Waals surface area contributed by atoms with E-state index in [1.165, 1.54) is 36.4 Å². The molecular weight excluding hydrogens is 557 g/mol. The van der Waals surface area contributed by atoms with Crippen LogP contribution in [0.25, 0.3) is 16.8 Å². The van der Waals surface area contributed by atoms with Crippen LogP contribution in [0.4, 0.5) is 19.0 Å². The second-order valence-corrected chi connectivity index (χ2v) is 10.8. The van der Waals surface area contributed by atoms with E-state index in [1.54, 1.807) is 26.0 Å². The van der Waals surface area contributed by atoms with Crippen molar-refractivity contribution < 1.29 is 35.9 Å². The van der Waals surface area contributed by atoms with E-state index in [2.05, 4.69) is 4.74 Å². The SMILES string of the molecule is CC=Cc1nc(N(Cc2ccc(OC(F)(F)F)cc2)S(=O)(=O)c2ccc(C(=O)OCC)cc2)c(C)c2ccccc12. The zero-order valence-electron chi connectivity index (χ0n) is 22.5. The van der Waals surface area contributed by atoms with E-state index in [9.17, 15) is 26.4 Å². The maximum absolute atomic E-state index is 14.1. The maximum atomic E-state index is 14.1. The Morgan fingerprint density at radius 2 is 1.61 bits per heavy atom. The van der Waals surface area contributed by atoms with E-state index in [0.717, 1.165) is 27.2 Å². The van der Waals surface area contributed by atoms with Gasteiger partial charge in [0.25, 0.3) is 10.0 Å². The van der Waals surface area contributed by atoms with E-state index in [-0.39, 0.29) is 29.4 Å². The van der Waals surface area contributed by atoms with Crippen LogP contribution in [0.5, 0.6) is 5.75 Å². The summed E-state index contributed by atoms with van der Waals surface area (Å²) in [6, 6.07) is 17.7. The van der Waals surface area contributed by atoms with Crippen LogP contribution in [0.2, 0.25) is 0 Å². The number of hydrogen-bond donors (Lipinski definition) is 0. The van der Waals surface area contributed by atoms with Crippen LogP contribution in [0.15, 0.2) is 83.8 Å². The minimum absolute atomic E-state index is 0.107. The predicted molar refractivity (Wildman–Crippen MR) is 150 cm³/mol. The van der Waals surface area contributed by atoms with Gasteiger partial charge >= 0.3 is 12.3 Å². The number of fused-ring (bicyclic) bond motifs is 1. The molecule has 0 saturated heterocycles. The molecule has 7 nitrogen and oxygen atoms in total. The summed E-state index contributed by atoms with van der Waals surface area (Å²) in [6.07, 6.45) is -1.30. The molecule has 0 fully saturated rings. The summed E-state index contributed by atoms with van der Waals surface area (Å²) in [6.45, 7) is 5.17. The summed E-state index contributed by atoms with van der Waals surface area (Å²) in [5.74, 6) is -0.861. The molecule has 1 aromatic heterocycles. The lowest BCUT2D eigenvalue weighted by Gasteiger charge is -2.26. The van der Waals surface area contributed by atoms with Gasteiger partial charge in [0.05, 0.1) is 29.3 Å². The molecule has 11 heteroatoms. The smallest absolute Gasteiger partial charge is 0.462 e. The van der Waals surface area contributed by atoms with E-state index >= 15 is 0 Å². The van der Waals surface area contributed by atoms with Gasteiger partial charge in [-0.2, -0.15) is 0 Å². The van der Waals surface area contributed by atoms with Crippen LogP contribution in [0, 0.1) is 6.92 Å². The standard InChI is InChI=1S/C30H27F3N2O5S/c1-4-8-27-26-10-7-6-9-25(26)20(3)28(34-27)35(19-21-11-15-23(16-12-21)40-30(31,32)33)41(37,38)24-17-13-22(14-18-24)29(36)39-5-2/h4,6-18H,5,19H2,1-3H3.